The zero-order chi connectivity index (χ0) is 21.3. The van der Waals surface area contributed by atoms with Gasteiger partial charge in [-0.3, -0.25) is 9.10 Å². The molecule has 0 aromatic heterocycles. The van der Waals surface area contributed by atoms with Gasteiger partial charge in [0.1, 0.15) is 5.82 Å². The maximum absolute atomic E-state index is 13.8. The molecule has 0 radical (unpaired) electrons. The van der Waals surface area contributed by atoms with Crippen molar-refractivity contribution >= 4 is 33.3 Å². The first-order valence-electron chi connectivity index (χ1n) is 8.91. The van der Waals surface area contributed by atoms with Crippen LogP contribution in [0.4, 0.5) is 15.8 Å². The molecule has 1 heterocycles. The van der Waals surface area contributed by atoms with E-state index in [0.29, 0.717) is 23.2 Å². The van der Waals surface area contributed by atoms with Crippen LogP contribution in [0, 0.1) is 12.7 Å². The fraction of sp³-hybridized carbons (Fsp3) is 0.300. The first kappa shape index (κ1) is 20.8. The molecule has 0 saturated carbocycles. The monoisotopic (exact) mass is 420 g/mol. The number of hydrogen-bond donors (Lipinski definition) is 1. The Morgan fingerprint density at radius 1 is 1.24 bits per heavy atom. The summed E-state index contributed by atoms with van der Waals surface area (Å²) in [6, 6.07) is 8.69. The van der Waals surface area contributed by atoms with Gasteiger partial charge < -0.3 is 10.1 Å². The average molecular weight is 420 g/mol. The maximum atomic E-state index is 13.8. The molecule has 7 nitrogen and oxygen atoms in total. The highest BCUT2D eigenvalue weighted by molar-refractivity contribution is 7.92. The van der Waals surface area contributed by atoms with Crippen LogP contribution in [-0.4, -0.2) is 39.2 Å². The Morgan fingerprint density at radius 2 is 1.97 bits per heavy atom. The normalized spacial score (nSPS) is 15.7. The van der Waals surface area contributed by atoms with Gasteiger partial charge >= 0.3 is 5.97 Å². The lowest BCUT2D eigenvalue weighted by Crippen LogP contribution is -2.34. The van der Waals surface area contributed by atoms with Crippen molar-refractivity contribution in [2.75, 3.05) is 22.5 Å². The Labute approximate surface area is 168 Å². The number of fused-ring (bicyclic) bond motifs is 1. The van der Waals surface area contributed by atoms with E-state index in [2.05, 4.69) is 5.32 Å². The van der Waals surface area contributed by atoms with E-state index < -0.39 is 34.3 Å². The molecule has 3 rings (SSSR count). The number of esters is 1. The largest absolute Gasteiger partial charge is 0.452 e. The summed E-state index contributed by atoms with van der Waals surface area (Å²) in [6.07, 6.45) is 1.60. The van der Waals surface area contributed by atoms with Crippen LogP contribution >= 0.6 is 0 Å². The van der Waals surface area contributed by atoms with Gasteiger partial charge in [-0.25, -0.2) is 17.6 Å². The number of sulfonamides is 1. The summed E-state index contributed by atoms with van der Waals surface area (Å²) in [4.78, 5) is 24.2. The number of benzene rings is 2. The molecule has 1 aliphatic rings. The third-order valence-electron chi connectivity index (χ3n) is 4.56. The molecule has 1 amide bonds. The zero-order valence-electron chi connectivity index (χ0n) is 16.2. The van der Waals surface area contributed by atoms with Crippen molar-refractivity contribution in [3.8, 4) is 0 Å². The molecule has 0 fully saturated rings. The number of rotatable bonds is 5. The molecule has 0 spiro atoms. The minimum atomic E-state index is -3.42. The van der Waals surface area contributed by atoms with Crippen LogP contribution in [0.3, 0.4) is 0 Å². The van der Waals surface area contributed by atoms with Crippen molar-refractivity contribution in [3.63, 3.8) is 0 Å². The molecule has 1 N–H and O–H groups in total. The molecule has 29 heavy (non-hydrogen) atoms. The van der Waals surface area contributed by atoms with Crippen molar-refractivity contribution in [2.24, 2.45) is 0 Å². The van der Waals surface area contributed by atoms with E-state index in [0.717, 1.165) is 6.26 Å². The van der Waals surface area contributed by atoms with E-state index in [9.17, 15) is 22.4 Å². The van der Waals surface area contributed by atoms with Gasteiger partial charge in [0.05, 0.1) is 23.2 Å². The first-order chi connectivity index (χ1) is 13.6. The molecule has 0 aliphatic carbocycles. The summed E-state index contributed by atoms with van der Waals surface area (Å²) in [5, 5.41) is 2.35. The van der Waals surface area contributed by atoms with E-state index in [1.54, 1.807) is 32.0 Å². The summed E-state index contributed by atoms with van der Waals surface area (Å²) in [5.41, 5.74) is 2.17. The molecule has 154 valence electrons. The second-order valence-corrected chi connectivity index (χ2v) is 8.92. The minimum Gasteiger partial charge on any atom is -0.452 e. The third-order valence-corrected chi connectivity index (χ3v) is 5.83. The number of nitrogens with one attached hydrogen (secondary N) is 1. The third kappa shape index (κ3) is 4.56. The van der Waals surface area contributed by atoms with Crippen LogP contribution < -0.4 is 9.62 Å². The Kier molecular flexibility index (Phi) is 5.61. The van der Waals surface area contributed by atoms with E-state index in [1.165, 1.54) is 22.5 Å². The lowest BCUT2D eigenvalue weighted by molar-refractivity contribution is -0.119. The van der Waals surface area contributed by atoms with E-state index in [-0.39, 0.29) is 17.3 Å². The number of amides is 1. The van der Waals surface area contributed by atoms with Crippen LogP contribution in [0.25, 0.3) is 0 Å². The number of nitrogens with zero attached hydrogens (tertiary/aromatic N) is 1. The fourth-order valence-electron chi connectivity index (χ4n) is 3.36. The number of aryl methyl sites for hydroxylation is 1. The summed E-state index contributed by atoms with van der Waals surface area (Å²) < 4.78 is 44.0. The molecular weight excluding hydrogens is 399 g/mol. The van der Waals surface area contributed by atoms with E-state index in [1.807, 2.05) is 0 Å². The molecule has 0 saturated heterocycles. The summed E-state index contributed by atoms with van der Waals surface area (Å²) in [7, 11) is -3.42. The van der Waals surface area contributed by atoms with E-state index >= 15 is 0 Å². The highest BCUT2D eigenvalue weighted by atomic mass is 32.2. The van der Waals surface area contributed by atoms with Crippen molar-refractivity contribution in [2.45, 2.75) is 26.3 Å². The number of carbonyl (C=O) groups is 2. The average Bonchev–Trinajstić information content (AvgIpc) is 2.97. The SMILES string of the molecule is Cc1ccc(NC(=O)COC(=O)c2ccc3c(c2)C[C@H](C)N3S(C)(=O)=O)c(F)c1. The van der Waals surface area contributed by atoms with Gasteiger partial charge in [0, 0.05) is 6.04 Å². The molecule has 1 aliphatic heterocycles. The second-order valence-electron chi connectivity index (χ2n) is 7.06. The summed E-state index contributed by atoms with van der Waals surface area (Å²) in [6.45, 7) is 2.94. The quantitative estimate of drug-likeness (QED) is 0.751. The predicted octanol–water partition coefficient (Wildman–Crippen LogP) is 2.64. The van der Waals surface area contributed by atoms with Gasteiger partial charge in [0.15, 0.2) is 6.61 Å². The molecule has 0 bridgehead atoms. The number of ether oxygens (including phenoxy) is 1. The number of carbonyl (C=O) groups excluding carboxylic acids is 2. The van der Waals surface area contributed by atoms with Crippen molar-refractivity contribution in [1.29, 1.82) is 0 Å². The van der Waals surface area contributed by atoms with Crippen LogP contribution in [-0.2, 0) is 26.0 Å². The lowest BCUT2D eigenvalue weighted by Gasteiger charge is -2.21. The van der Waals surface area contributed by atoms with Crippen LogP contribution in [0.5, 0.6) is 0 Å². The summed E-state index contributed by atoms with van der Waals surface area (Å²) in [5.74, 6) is -1.97. The highest BCUT2D eigenvalue weighted by Gasteiger charge is 2.33. The first-order valence-corrected chi connectivity index (χ1v) is 10.8. The number of hydrogen-bond acceptors (Lipinski definition) is 5. The minimum absolute atomic E-state index is 0.00373. The van der Waals surface area contributed by atoms with Gasteiger partial charge in [0.25, 0.3) is 5.91 Å². The number of halogens is 1. The fourth-order valence-corrected chi connectivity index (χ4v) is 4.62. The Morgan fingerprint density at radius 3 is 2.62 bits per heavy atom. The second kappa shape index (κ2) is 7.82. The molecule has 2 aromatic carbocycles. The Hall–Kier alpha value is -2.94. The highest BCUT2D eigenvalue weighted by Crippen LogP contribution is 2.34. The standard InChI is InChI=1S/C20H21FN2O5S/c1-12-4-6-17(16(21)8-12)22-19(24)11-28-20(25)14-5-7-18-15(10-14)9-13(2)23(18)29(3,26)27/h4-8,10,13H,9,11H2,1-3H3,(H,22,24)/t13-/m0/s1. The van der Waals surface area contributed by atoms with Crippen LogP contribution in [0.2, 0.25) is 0 Å². The molecular formula is C20H21FN2O5S. The molecule has 2 aromatic rings. The molecule has 9 heteroatoms. The predicted molar refractivity (Wildman–Crippen MR) is 107 cm³/mol. The number of anilines is 2. The van der Waals surface area contributed by atoms with Crippen molar-refractivity contribution in [1.82, 2.24) is 0 Å². The lowest BCUT2D eigenvalue weighted by atomic mass is 10.1. The molecule has 0 unspecified atom stereocenters. The van der Waals surface area contributed by atoms with E-state index in [4.69, 9.17) is 4.74 Å². The van der Waals surface area contributed by atoms with Crippen LogP contribution in [0.15, 0.2) is 36.4 Å². The Bertz CT molecular complexity index is 1080. The van der Waals surface area contributed by atoms with Gasteiger partial charge in [-0.15, -0.1) is 0 Å². The van der Waals surface area contributed by atoms with Crippen LogP contribution in [0.1, 0.15) is 28.4 Å². The Balaban J connectivity index is 1.65. The van der Waals surface area contributed by atoms with Gasteiger partial charge in [-0.1, -0.05) is 6.07 Å². The van der Waals surface area contributed by atoms with Gasteiger partial charge in [0.2, 0.25) is 10.0 Å². The van der Waals surface area contributed by atoms with Gasteiger partial charge in [-0.2, -0.15) is 0 Å². The van der Waals surface area contributed by atoms with Crippen molar-refractivity contribution < 1.29 is 27.1 Å². The smallest absolute Gasteiger partial charge is 0.338 e. The summed E-state index contributed by atoms with van der Waals surface area (Å²) >= 11 is 0. The topological polar surface area (TPSA) is 92.8 Å². The van der Waals surface area contributed by atoms with Crippen molar-refractivity contribution in [3.05, 3.63) is 58.9 Å². The zero-order valence-corrected chi connectivity index (χ0v) is 17.0. The maximum Gasteiger partial charge on any atom is 0.338 e. The molecule has 1 atom stereocenters. The van der Waals surface area contributed by atoms with Gasteiger partial charge in [-0.05, 0) is 61.7 Å².